The van der Waals surface area contributed by atoms with Gasteiger partial charge in [-0.2, -0.15) is 5.10 Å². The summed E-state index contributed by atoms with van der Waals surface area (Å²) in [7, 11) is 0. The molecule has 98 valence electrons. The van der Waals surface area contributed by atoms with Gasteiger partial charge in [0.15, 0.2) is 0 Å². The number of hydrogen-bond donors (Lipinski definition) is 1. The number of aromatic nitrogens is 3. The Morgan fingerprint density at radius 3 is 2.84 bits per heavy atom. The number of amides is 1. The summed E-state index contributed by atoms with van der Waals surface area (Å²) in [5, 5.41) is 7.00. The standard InChI is InChI=1S/C14H16N4O/c19-14(11-3-6-15-7-4-11)18-9-1-2-12(10-18)13-5-8-16-17-13/h3-8,12H,1-2,9-10H2,(H,16,17). The largest absolute Gasteiger partial charge is 0.338 e. The van der Waals surface area contributed by atoms with Crippen LogP contribution in [0.1, 0.15) is 34.8 Å². The number of aromatic amines is 1. The van der Waals surface area contributed by atoms with Gasteiger partial charge in [0.1, 0.15) is 0 Å². The molecule has 0 aliphatic carbocycles. The summed E-state index contributed by atoms with van der Waals surface area (Å²) in [5.41, 5.74) is 1.83. The van der Waals surface area contributed by atoms with Crippen LogP contribution in [0.25, 0.3) is 0 Å². The predicted molar refractivity (Wildman–Crippen MR) is 70.7 cm³/mol. The second-order valence-electron chi connectivity index (χ2n) is 4.84. The molecule has 5 nitrogen and oxygen atoms in total. The van der Waals surface area contributed by atoms with Gasteiger partial charge in [0.25, 0.3) is 5.91 Å². The number of pyridine rings is 1. The maximum atomic E-state index is 12.4. The van der Waals surface area contributed by atoms with Crippen molar-refractivity contribution in [1.29, 1.82) is 0 Å². The molecule has 1 N–H and O–H groups in total. The fourth-order valence-corrected chi connectivity index (χ4v) is 2.59. The molecule has 1 saturated heterocycles. The smallest absolute Gasteiger partial charge is 0.253 e. The molecular formula is C14H16N4O. The van der Waals surface area contributed by atoms with Crippen molar-refractivity contribution in [3.8, 4) is 0 Å². The molecule has 0 saturated carbocycles. The molecule has 0 radical (unpaired) electrons. The molecule has 19 heavy (non-hydrogen) atoms. The van der Waals surface area contributed by atoms with E-state index >= 15 is 0 Å². The van der Waals surface area contributed by atoms with Crippen LogP contribution in [-0.2, 0) is 0 Å². The van der Waals surface area contributed by atoms with Crippen LogP contribution in [-0.4, -0.2) is 39.1 Å². The van der Waals surface area contributed by atoms with Crippen molar-refractivity contribution >= 4 is 5.91 Å². The van der Waals surface area contributed by atoms with Gasteiger partial charge in [0.05, 0.1) is 0 Å². The molecule has 1 amide bonds. The predicted octanol–water partition coefficient (Wildman–Crippen LogP) is 1.82. The summed E-state index contributed by atoms with van der Waals surface area (Å²) in [5.74, 6) is 0.452. The normalized spacial score (nSPS) is 19.4. The minimum Gasteiger partial charge on any atom is -0.338 e. The monoisotopic (exact) mass is 256 g/mol. The third-order valence-electron chi connectivity index (χ3n) is 3.60. The molecule has 3 heterocycles. The first-order valence-electron chi connectivity index (χ1n) is 6.53. The molecule has 3 rings (SSSR count). The van der Waals surface area contributed by atoms with Crippen LogP contribution in [0.5, 0.6) is 0 Å². The molecule has 0 spiro atoms. The number of nitrogens with zero attached hydrogens (tertiary/aromatic N) is 3. The van der Waals surface area contributed by atoms with Crippen molar-refractivity contribution in [2.45, 2.75) is 18.8 Å². The van der Waals surface area contributed by atoms with Crippen molar-refractivity contribution < 1.29 is 4.79 Å². The first-order chi connectivity index (χ1) is 9.34. The van der Waals surface area contributed by atoms with Gasteiger partial charge in [-0.25, -0.2) is 0 Å². The average Bonchev–Trinajstić information content (AvgIpc) is 3.02. The number of hydrogen-bond acceptors (Lipinski definition) is 3. The number of nitrogens with one attached hydrogen (secondary N) is 1. The topological polar surface area (TPSA) is 61.9 Å². The highest BCUT2D eigenvalue weighted by atomic mass is 16.2. The zero-order valence-corrected chi connectivity index (χ0v) is 10.6. The Morgan fingerprint density at radius 2 is 2.11 bits per heavy atom. The van der Waals surface area contributed by atoms with Crippen LogP contribution in [0.3, 0.4) is 0 Å². The molecule has 1 aliphatic heterocycles. The summed E-state index contributed by atoms with van der Waals surface area (Å²) in [6, 6.07) is 5.52. The van der Waals surface area contributed by atoms with Gasteiger partial charge in [-0.1, -0.05) is 0 Å². The Bertz CT molecular complexity index is 538. The van der Waals surface area contributed by atoms with E-state index in [9.17, 15) is 4.79 Å². The van der Waals surface area contributed by atoms with Crippen LogP contribution in [0.15, 0.2) is 36.8 Å². The summed E-state index contributed by atoms with van der Waals surface area (Å²) in [4.78, 5) is 18.3. The third-order valence-corrected chi connectivity index (χ3v) is 3.60. The lowest BCUT2D eigenvalue weighted by Gasteiger charge is -2.32. The van der Waals surface area contributed by atoms with Crippen molar-refractivity contribution in [2.75, 3.05) is 13.1 Å². The van der Waals surface area contributed by atoms with Crippen molar-refractivity contribution in [1.82, 2.24) is 20.1 Å². The number of likely N-dealkylation sites (tertiary alicyclic amines) is 1. The molecule has 1 atom stereocenters. The highest BCUT2D eigenvalue weighted by Gasteiger charge is 2.26. The first kappa shape index (κ1) is 11.9. The minimum absolute atomic E-state index is 0.0895. The molecular weight excluding hydrogens is 240 g/mol. The van der Waals surface area contributed by atoms with Crippen LogP contribution >= 0.6 is 0 Å². The van der Waals surface area contributed by atoms with Crippen molar-refractivity contribution in [2.24, 2.45) is 0 Å². The minimum atomic E-state index is 0.0895. The Labute approximate surface area is 111 Å². The van der Waals surface area contributed by atoms with Gasteiger partial charge < -0.3 is 4.90 Å². The maximum Gasteiger partial charge on any atom is 0.253 e. The van der Waals surface area contributed by atoms with Crippen LogP contribution < -0.4 is 0 Å². The second-order valence-corrected chi connectivity index (χ2v) is 4.84. The molecule has 2 aromatic heterocycles. The number of rotatable bonds is 2. The lowest BCUT2D eigenvalue weighted by Crippen LogP contribution is -2.39. The van der Waals surface area contributed by atoms with E-state index in [0.29, 0.717) is 11.5 Å². The Morgan fingerprint density at radius 1 is 1.26 bits per heavy atom. The number of H-pyrrole nitrogens is 1. The molecule has 0 bridgehead atoms. The molecule has 0 aromatic carbocycles. The SMILES string of the molecule is O=C(c1ccncc1)N1CCCC(c2ccn[nH]2)C1. The summed E-state index contributed by atoms with van der Waals surface area (Å²) in [6.07, 6.45) is 7.20. The summed E-state index contributed by atoms with van der Waals surface area (Å²) in [6.45, 7) is 1.58. The van der Waals surface area contributed by atoms with E-state index in [-0.39, 0.29) is 5.91 Å². The fourth-order valence-electron chi connectivity index (χ4n) is 2.59. The first-order valence-corrected chi connectivity index (χ1v) is 6.53. The zero-order valence-electron chi connectivity index (χ0n) is 10.6. The number of piperidine rings is 1. The summed E-state index contributed by atoms with van der Waals surface area (Å²) >= 11 is 0. The molecule has 1 unspecified atom stereocenters. The van der Waals surface area contributed by atoms with Gasteiger partial charge in [-0.15, -0.1) is 0 Å². The quantitative estimate of drug-likeness (QED) is 0.891. The van der Waals surface area contributed by atoms with Crippen LogP contribution in [0.4, 0.5) is 0 Å². The van der Waals surface area contributed by atoms with E-state index in [1.165, 1.54) is 0 Å². The maximum absolute atomic E-state index is 12.4. The molecule has 2 aromatic rings. The van der Waals surface area contributed by atoms with Crippen LogP contribution in [0, 0.1) is 0 Å². The Kier molecular flexibility index (Phi) is 3.27. The highest BCUT2D eigenvalue weighted by molar-refractivity contribution is 5.94. The van der Waals surface area contributed by atoms with E-state index in [4.69, 9.17) is 0 Å². The second kappa shape index (κ2) is 5.22. The van der Waals surface area contributed by atoms with Gasteiger partial charge in [-0.05, 0) is 31.0 Å². The van der Waals surface area contributed by atoms with Gasteiger partial charge in [0.2, 0.25) is 0 Å². The third kappa shape index (κ3) is 2.50. The molecule has 1 fully saturated rings. The van der Waals surface area contributed by atoms with E-state index in [2.05, 4.69) is 15.2 Å². The van der Waals surface area contributed by atoms with E-state index in [1.54, 1.807) is 30.7 Å². The van der Waals surface area contributed by atoms with E-state index in [1.807, 2.05) is 11.0 Å². The number of carbonyl (C=O) groups is 1. The molecule has 1 aliphatic rings. The van der Waals surface area contributed by atoms with E-state index in [0.717, 1.165) is 31.6 Å². The van der Waals surface area contributed by atoms with Crippen molar-refractivity contribution in [3.05, 3.63) is 48.0 Å². The van der Waals surface area contributed by atoms with Gasteiger partial charge >= 0.3 is 0 Å². The fraction of sp³-hybridized carbons (Fsp3) is 0.357. The molecule has 5 heteroatoms. The zero-order chi connectivity index (χ0) is 13.1. The number of carbonyl (C=O) groups excluding carboxylic acids is 1. The highest BCUT2D eigenvalue weighted by Crippen LogP contribution is 2.26. The Balaban J connectivity index is 1.73. The lowest BCUT2D eigenvalue weighted by molar-refractivity contribution is 0.0705. The van der Waals surface area contributed by atoms with Crippen LogP contribution in [0.2, 0.25) is 0 Å². The van der Waals surface area contributed by atoms with Crippen molar-refractivity contribution in [3.63, 3.8) is 0 Å². The lowest BCUT2D eigenvalue weighted by atomic mass is 9.94. The van der Waals surface area contributed by atoms with Gasteiger partial charge in [-0.3, -0.25) is 14.9 Å². The Hall–Kier alpha value is -2.17. The average molecular weight is 256 g/mol. The van der Waals surface area contributed by atoms with E-state index < -0.39 is 0 Å². The summed E-state index contributed by atoms with van der Waals surface area (Å²) < 4.78 is 0. The van der Waals surface area contributed by atoms with Gasteiger partial charge in [0, 0.05) is 48.9 Å².